The van der Waals surface area contributed by atoms with Gasteiger partial charge in [-0.3, -0.25) is 19.4 Å². The number of methoxy groups -OCH3 is 1. The molecular formula is C20H32N6O4. The van der Waals surface area contributed by atoms with Crippen LogP contribution in [0.25, 0.3) is 0 Å². The number of nitrogens with one attached hydrogen (secondary N) is 1. The first-order chi connectivity index (χ1) is 14.3. The number of piperazine rings is 1. The van der Waals surface area contributed by atoms with Gasteiger partial charge in [0.05, 0.1) is 19.3 Å². The lowest BCUT2D eigenvalue weighted by Crippen LogP contribution is -2.50. The van der Waals surface area contributed by atoms with Crippen molar-refractivity contribution in [2.45, 2.75) is 13.3 Å². The van der Waals surface area contributed by atoms with Gasteiger partial charge in [0, 0.05) is 50.6 Å². The Kier molecular flexibility index (Phi) is 10.9. The molecule has 0 bridgehead atoms. The van der Waals surface area contributed by atoms with Crippen LogP contribution in [0.4, 0.5) is 5.69 Å². The minimum Gasteiger partial charge on any atom is -0.469 e. The molecule has 1 aromatic carbocycles. The number of carbonyl (C=O) groups excluding carboxylic acids is 3. The third-order valence-electron chi connectivity index (χ3n) is 4.45. The lowest BCUT2D eigenvalue weighted by molar-refractivity contribution is -0.140. The summed E-state index contributed by atoms with van der Waals surface area (Å²) in [5.41, 5.74) is 6.44. The number of anilines is 1. The number of hydrogen-bond acceptors (Lipinski definition) is 8. The average Bonchev–Trinajstić information content (AvgIpc) is 2.77. The van der Waals surface area contributed by atoms with E-state index in [1.807, 2.05) is 7.05 Å². The van der Waals surface area contributed by atoms with Gasteiger partial charge in [-0.1, -0.05) is 6.92 Å². The van der Waals surface area contributed by atoms with Crippen molar-refractivity contribution >= 4 is 23.5 Å². The Bertz CT molecular complexity index is 709. The fourth-order valence-corrected chi connectivity index (χ4v) is 2.53. The van der Waals surface area contributed by atoms with Crippen molar-refractivity contribution in [1.82, 2.24) is 15.1 Å². The Hall–Kier alpha value is -3.11. The van der Waals surface area contributed by atoms with Crippen LogP contribution in [0.15, 0.2) is 36.7 Å². The van der Waals surface area contributed by atoms with Crippen LogP contribution < -0.4 is 21.9 Å². The van der Waals surface area contributed by atoms with Gasteiger partial charge >= 0.3 is 5.97 Å². The summed E-state index contributed by atoms with van der Waals surface area (Å²) in [6.45, 7) is 4.86. The normalized spacial score (nSPS) is 13.9. The SMILES string of the molecule is CCC(=O)OC.CN1CCN(C(=O)CNC(=O)c2ccc(N(N)/C=C\N)cc2)CC1. The molecular weight excluding hydrogens is 388 g/mol. The molecule has 5 N–H and O–H groups in total. The van der Waals surface area contributed by atoms with Crippen LogP contribution in [-0.2, 0) is 14.3 Å². The largest absolute Gasteiger partial charge is 0.469 e. The molecule has 1 heterocycles. The predicted molar refractivity (Wildman–Crippen MR) is 115 cm³/mol. The minimum absolute atomic E-state index is 0.00320. The lowest BCUT2D eigenvalue weighted by atomic mass is 10.2. The second kappa shape index (κ2) is 13.2. The van der Waals surface area contributed by atoms with Gasteiger partial charge < -0.3 is 25.6 Å². The molecule has 1 aliphatic rings. The zero-order chi connectivity index (χ0) is 22.5. The zero-order valence-electron chi connectivity index (χ0n) is 17.8. The molecule has 0 radical (unpaired) electrons. The molecule has 0 atom stereocenters. The van der Waals surface area contributed by atoms with Crippen LogP contribution in [0.1, 0.15) is 23.7 Å². The highest BCUT2D eigenvalue weighted by Gasteiger charge is 2.19. The Morgan fingerprint density at radius 3 is 2.23 bits per heavy atom. The van der Waals surface area contributed by atoms with E-state index in [1.165, 1.54) is 24.5 Å². The monoisotopic (exact) mass is 420 g/mol. The Morgan fingerprint density at radius 2 is 1.77 bits per heavy atom. The fourth-order valence-electron chi connectivity index (χ4n) is 2.53. The van der Waals surface area contributed by atoms with Gasteiger partial charge in [0.15, 0.2) is 0 Å². The van der Waals surface area contributed by atoms with Crippen molar-refractivity contribution in [3.05, 3.63) is 42.2 Å². The zero-order valence-corrected chi connectivity index (χ0v) is 17.8. The van der Waals surface area contributed by atoms with Crippen molar-refractivity contribution in [1.29, 1.82) is 0 Å². The molecule has 0 saturated carbocycles. The maximum absolute atomic E-state index is 12.1. The predicted octanol–water partition coefficient (Wildman–Crippen LogP) is -0.130. The lowest BCUT2D eigenvalue weighted by Gasteiger charge is -2.32. The van der Waals surface area contributed by atoms with Gasteiger partial charge in [-0.15, -0.1) is 0 Å². The van der Waals surface area contributed by atoms with Gasteiger partial charge in [-0.05, 0) is 31.3 Å². The second-order valence-corrected chi connectivity index (χ2v) is 6.59. The molecule has 30 heavy (non-hydrogen) atoms. The number of rotatable bonds is 6. The van der Waals surface area contributed by atoms with Gasteiger partial charge in [-0.2, -0.15) is 0 Å². The van der Waals surface area contributed by atoms with Gasteiger partial charge in [0.25, 0.3) is 5.91 Å². The molecule has 2 rings (SSSR count). The second-order valence-electron chi connectivity index (χ2n) is 6.59. The fraction of sp³-hybridized carbons (Fsp3) is 0.450. The van der Waals surface area contributed by atoms with Crippen molar-refractivity contribution in [2.75, 3.05) is 51.9 Å². The first-order valence-corrected chi connectivity index (χ1v) is 9.66. The van der Waals surface area contributed by atoms with E-state index in [0.29, 0.717) is 30.8 Å². The van der Waals surface area contributed by atoms with Gasteiger partial charge in [0.1, 0.15) is 0 Å². The van der Waals surface area contributed by atoms with E-state index in [1.54, 1.807) is 36.1 Å². The van der Waals surface area contributed by atoms with E-state index in [9.17, 15) is 14.4 Å². The maximum atomic E-state index is 12.1. The number of amides is 2. The van der Waals surface area contributed by atoms with Crippen molar-refractivity contribution in [2.24, 2.45) is 11.6 Å². The Morgan fingerprint density at radius 1 is 1.17 bits per heavy atom. The Labute approximate surface area is 177 Å². The first-order valence-electron chi connectivity index (χ1n) is 9.66. The standard InChI is InChI=1S/C16H24N6O2.C4H8O2/c1-20-8-10-21(11-9-20)15(23)12-19-16(24)13-2-4-14(5-3-13)22(18)7-6-17;1-3-4(5)6-2/h2-7H,8-12,17-18H2,1H3,(H,19,24);3H2,1-2H3/b7-6-;. The molecule has 0 unspecified atom stereocenters. The summed E-state index contributed by atoms with van der Waals surface area (Å²) in [4.78, 5) is 38.1. The van der Waals surface area contributed by atoms with Crippen LogP contribution in [0.3, 0.4) is 0 Å². The molecule has 1 aliphatic heterocycles. The summed E-state index contributed by atoms with van der Waals surface area (Å²) in [7, 11) is 3.41. The summed E-state index contributed by atoms with van der Waals surface area (Å²) >= 11 is 0. The number of benzene rings is 1. The number of nitrogens with two attached hydrogens (primary N) is 2. The average molecular weight is 421 g/mol. The summed E-state index contributed by atoms with van der Waals surface area (Å²) in [6.07, 6.45) is 3.30. The van der Waals surface area contributed by atoms with Gasteiger partial charge in [-0.25, -0.2) is 5.84 Å². The van der Waals surface area contributed by atoms with Crippen LogP contribution in [-0.4, -0.2) is 74.5 Å². The van der Waals surface area contributed by atoms with Crippen LogP contribution in [0, 0.1) is 0 Å². The number of nitrogens with zero attached hydrogens (tertiary/aromatic N) is 3. The molecule has 0 aromatic heterocycles. The number of hydrazine groups is 1. The highest BCUT2D eigenvalue weighted by molar-refractivity contribution is 5.96. The number of hydrogen-bond donors (Lipinski definition) is 3. The molecule has 0 aliphatic carbocycles. The van der Waals surface area contributed by atoms with Crippen LogP contribution in [0.2, 0.25) is 0 Å². The summed E-state index contributed by atoms with van der Waals surface area (Å²) in [5.74, 6) is 5.23. The van der Waals surface area contributed by atoms with E-state index in [4.69, 9.17) is 11.6 Å². The molecule has 166 valence electrons. The van der Waals surface area contributed by atoms with E-state index in [-0.39, 0.29) is 24.3 Å². The summed E-state index contributed by atoms with van der Waals surface area (Å²) in [6, 6.07) is 6.71. The van der Waals surface area contributed by atoms with Crippen molar-refractivity contribution < 1.29 is 19.1 Å². The third kappa shape index (κ3) is 8.50. The van der Waals surface area contributed by atoms with Crippen LogP contribution in [0.5, 0.6) is 0 Å². The summed E-state index contributed by atoms with van der Waals surface area (Å²) < 4.78 is 4.26. The van der Waals surface area contributed by atoms with Crippen molar-refractivity contribution in [3.63, 3.8) is 0 Å². The van der Waals surface area contributed by atoms with E-state index < -0.39 is 0 Å². The molecule has 10 heteroatoms. The third-order valence-corrected chi connectivity index (χ3v) is 4.45. The first kappa shape index (κ1) is 24.9. The van der Waals surface area contributed by atoms with E-state index in [0.717, 1.165) is 13.1 Å². The van der Waals surface area contributed by atoms with E-state index in [2.05, 4.69) is 15.0 Å². The molecule has 1 saturated heterocycles. The maximum Gasteiger partial charge on any atom is 0.305 e. The number of likely N-dealkylation sites (N-methyl/N-ethyl adjacent to an activating group) is 1. The number of esters is 1. The quantitative estimate of drug-likeness (QED) is 0.329. The van der Waals surface area contributed by atoms with Gasteiger partial charge in [0.2, 0.25) is 5.91 Å². The minimum atomic E-state index is -0.290. The molecule has 10 nitrogen and oxygen atoms in total. The summed E-state index contributed by atoms with van der Waals surface area (Å²) in [5, 5.41) is 4.00. The van der Waals surface area contributed by atoms with E-state index >= 15 is 0 Å². The molecule has 1 aromatic rings. The van der Waals surface area contributed by atoms with Crippen molar-refractivity contribution in [3.8, 4) is 0 Å². The smallest absolute Gasteiger partial charge is 0.305 e. The number of ether oxygens (including phenoxy) is 1. The highest BCUT2D eigenvalue weighted by Crippen LogP contribution is 2.12. The molecule has 1 fully saturated rings. The Balaban J connectivity index is 0.000000656. The van der Waals surface area contributed by atoms with Crippen LogP contribution >= 0.6 is 0 Å². The molecule has 0 spiro atoms. The number of carbonyl (C=O) groups is 3. The molecule has 2 amide bonds. The highest BCUT2D eigenvalue weighted by atomic mass is 16.5. The topological polar surface area (TPSA) is 134 Å².